The summed E-state index contributed by atoms with van der Waals surface area (Å²) in [6, 6.07) is 13.0. The summed E-state index contributed by atoms with van der Waals surface area (Å²) >= 11 is 1.21. The normalized spacial score (nSPS) is 11.7. The van der Waals surface area contributed by atoms with Crippen LogP contribution in [0.2, 0.25) is 0 Å². The molecule has 1 aromatic carbocycles. The van der Waals surface area contributed by atoms with Crippen molar-refractivity contribution in [3.05, 3.63) is 52.4 Å². The molecule has 0 saturated heterocycles. The van der Waals surface area contributed by atoms with Crippen molar-refractivity contribution in [1.29, 1.82) is 5.26 Å². The highest BCUT2D eigenvalue weighted by Gasteiger charge is 2.21. The van der Waals surface area contributed by atoms with Crippen LogP contribution in [0.5, 0.6) is 5.75 Å². The van der Waals surface area contributed by atoms with E-state index in [0.717, 1.165) is 10.9 Å². The van der Waals surface area contributed by atoms with Gasteiger partial charge >= 0.3 is 5.97 Å². The number of hydrogen-bond donors (Lipinski definition) is 1. The summed E-state index contributed by atoms with van der Waals surface area (Å²) in [6.45, 7) is 2.05. The number of hydrogen-bond acceptors (Lipinski definition) is 7. The van der Waals surface area contributed by atoms with E-state index in [1.54, 1.807) is 38.3 Å². The Hall–Kier alpha value is -3.11. The Morgan fingerprint density at radius 3 is 2.69 bits per heavy atom. The van der Waals surface area contributed by atoms with Crippen LogP contribution in [0.15, 0.2) is 36.4 Å². The second kappa shape index (κ2) is 7.42. The fourth-order valence-corrected chi connectivity index (χ4v) is 3.68. The molecule has 0 fully saturated rings. The number of nitrogen functional groups attached to an aromatic ring is 1. The van der Waals surface area contributed by atoms with Crippen LogP contribution < -0.4 is 10.5 Å². The van der Waals surface area contributed by atoms with Gasteiger partial charge in [-0.25, -0.2) is 9.78 Å². The maximum Gasteiger partial charge on any atom is 0.348 e. The number of aromatic nitrogens is 1. The highest BCUT2D eigenvalue weighted by molar-refractivity contribution is 7.20. The summed E-state index contributed by atoms with van der Waals surface area (Å²) in [6.07, 6.45) is 0. The number of anilines is 1. The number of esters is 1. The van der Waals surface area contributed by atoms with Gasteiger partial charge in [-0.1, -0.05) is 12.1 Å². The van der Waals surface area contributed by atoms with Crippen LogP contribution in [0, 0.1) is 11.3 Å². The predicted octanol–water partition coefficient (Wildman–Crippen LogP) is 3.72. The molecule has 0 saturated carbocycles. The van der Waals surface area contributed by atoms with Gasteiger partial charge in [0, 0.05) is 5.39 Å². The Balaban J connectivity index is 2.12. The van der Waals surface area contributed by atoms with Crippen molar-refractivity contribution in [3.63, 3.8) is 0 Å². The quantitative estimate of drug-likeness (QED) is 0.690. The SMILES string of the molecule is CCOC(=O)c1cc2c(C(C#N)c3ccc(OC)cc3)cc(N)nc2s1. The molecule has 0 aliphatic carbocycles. The molecule has 0 amide bonds. The van der Waals surface area contributed by atoms with E-state index in [2.05, 4.69) is 11.1 Å². The number of fused-ring (bicyclic) bond motifs is 1. The summed E-state index contributed by atoms with van der Waals surface area (Å²) in [5.41, 5.74) is 7.46. The molecule has 6 nitrogen and oxygen atoms in total. The number of nitriles is 1. The number of nitrogens with zero attached hydrogens (tertiary/aromatic N) is 2. The van der Waals surface area contributed by atoms with Crippen molar-refractivity contribution in [1.82, 2.24) is 4.98 Å². The summed E-state index contributed by atoms with van der Waals surface area (Å²) in [5.74, 6) is 0.0693. The van der Waals surface area contributed by atoms with Gasteiger partial charge in [-0.05, 0) is 42.3 Å². The van der Waals surface area contributed by atoms with Gasteiger partial charge in [0.15, 0.2) is 0 Å². The van der Waals surface area contributed by atoms with Crippen molar-refractivity contribution >= 4 is 33.3 Å². The van der Waals surface area contributed by atoms with E-state index in [1.165, 1.54) is 11.3 Å². The average Bonchev–Trinajstić information content (AvgIpc) is 3.07. The van der Waals surface area contributed by atoms with Gasteiger partial charge in [0.25, 0.3) is 0 Å². The zero-order valence-electron chi connectivity index (χ0n) is 14.4. The van der Waals surface area contributed by atoms with Crippen LogP contribution in [0.3, 0.4) is 0 Å². The maximum atomic E-state index is 12.0. The number of carbonyl (C=O) groups is 1. The van der Waals surface area contributed by atoms with Crippen LogP contribution in [0.1, 0.15) is 33.6 Å². The van der Waals surface area contributed by atoms with Gasteiger partial charge in [0.2, 0.25) is 0 Å². The van der Waals surface area contributed by atoms with Crippen LogP contribution >= 0.6 is 11.3 Å². The lowest BCUT2D eigenvalue weighted by molar-refractivity contribution is 0.0532. The maximum absolute atomic E-state index is 12.0. The Morgan fingerprint density at radius 1 is 1.35 bits per heavy atom. The monoisotopic (exact) mass is 367 g/mol. The molecule has 2 aromatic heterocycles. The first-order chi connectivity index (χ1) is 12.6. The van der Waals surface area contributed by atoms with E-state index in [9.17, 15) is 10.1 Å². The number of thiophene rings is 1. The molecule has 26 heavy (non-hydrogen) atoms. The van der Waals surface area contributed by atoms with Gasteiger partial charge in [-0.2, -0.15) is 5.26 Å². The first kappa shape index (κ1) is 17.7. The number of benzene rings is 1. The lowest BCUT2D eigenvalue weighted by atomic mass is 9.91. The van der Waals surface area contributed by atoms with Crippen molar-refractivity contribution in [2.24, 2.45) is 0 Å². The smallest absolute Gasteiger partial charge is 0.348 e. The lowest BCUT2D eigenvalue weighted by Gasteiger charge is -2.12. The highest BCUT2D eigenvalue weighted by atomic mass is 32.1. The second-order valence-corrected chi connectivity index (χ2v) is 6.55. The van der Waals surface area contributed by atoms with Crippen LogP contribution in [-0.2, 0) is 4.74 Å². The molecule has 3 aromatic rings. The summed E-state index contributed by atoms with van der Waals surface area (Å²) in [7, 11) is 1.59. The molecule has 132 valence electrons. The minimum atomic E-state index is -0.543. The molecule has 0 aliphatic heterocycles. The van der Waals surface area contributed by atoms with Crippen molar-refractivity contribution in [3.8, 4) is 11.8 Å². The molecule has 0 bridgehead atoms. The van der Waals surface area contributed by atoms with Gasteiger partial charge in [-0.15, -0.1) is 11.3 Å². The molecule has 1 atom stereocenters. The molecule has 7 heteroatoms. The van der Waals surface area contributed by atoms with Gasteiger partial charge in [0.05, 0.1) is 25.7 Å². The summed E-state index contributed by atoms with van der Waals surface area (Å²) in [4.78, 5) is 17.4. The molecule has 0 spiro atoms. The summed E-state index contributed by atoms with van der Waals surface area (Å²) in [5, 5.41) is 10.5. The fourth-order valence-electron chi connectivity index (χ4n) is 2.72. The third kappa shape index (κ3) is 3.32. The van der Waals surface area contributed by atoms with E-state index >= 15 is 0 Å². The fraction of sp³-hybridized carbons (Fsp3) is 0.211. The number of rotatable bonds is 5. The van der Waals surface area contributed by atoms with Gasteiger partial charge < -0.3 is 15.2 Å². The second-order valence-electron chi connectivity index (χ2n) is 5.52. The predicted molar refractivity (Wildman–Crippen MR) is 100 cm³/mol. The molecule has 0 aliphatic rings. The molecule has 0 radical (unpaired) electrons. The Bertz CT molecular complexity index is 990. The van der Waals surface area contributed by atoms with Crippen molar-refractivity contribution in [2.45, 2.75) is 12.8 Å². The molecule has 2 heterocycles. The van der Waals surface area contributed by atoms with Gasteiger partial charge in [0.1, 0.15) is 21.3 Å². The lowest BCUT2D eigenvalue weighted by Crippen LogP contribution is -2.02. The number of methoxy groups -OCH3 is 1. The van der Waals surface area contributed by atoms with Crippen LogP contribution in [0.25, 0.3) is 10.2 Å². The zero-order valence-corrected chi connectivity index (χ0v) is 15.2. The molecule has 2 N–H and O–H groups in total. The van der Waals surface area contributed by atoms with Crippen molar-refractivity contribution in [2.75, 3.05) is 19.5 Å². The average molecular weight is 367 g/mol. The Labute approximate surface area is 154 Å². The first-order valence-corrected chi connectivity index (χ1v) is 8.79. The van der Waals surface area contributed by atoms with Crippen LogP contribution in [-0.4, -0.2) is 24.7 Å². The largest absolute Gasteiger partial charge is 0.497 e. The van der Waals surface area contributed by atoms with E-state index in [0.29, 0.717) is 33.4 Å². The molecular weight excluding hydrogens is 350 g/mol. The van der Waals surface area contributed by atoms with Crippen molar-refractivity contribution < 1.29 is 14.3 Å². The number of ether oxygens (including phenoxy) is 2. The minimum absolute atomic E-state index is 0.294. The third-order valence-corrected chi connectivity index (χ3v) is 4.93. The minimum Gasteiger partial charge on any atom is -0.497 e. The standard InChI is InChI=1S/C19H17N3O3S/c1-3-25-19(23)16-8-14-13(9-17(21)22-18(14)26-16)15(10-20)11-4-6-12(24-2)7-5-11/h4-9,15H,3H2,1-2H3,(H2,21,22). The van der Waals surface area contributed by atoms with E-state index in [-0.39, 0.29) is 0 Å². The topological polar surface area (TPSA) is 98.2 Å². The number of nitrogens with two attached hydrogens (primary N) is 1. The Morgan fingerprint density at radius 2 is 2.08 bits per heavy atom. The van der Waals surface area contributed by atoms with Crippen LogP contribution in [0.4, 0.5) is 5.82 Å². The molecule has 3 rings (SSSR count). The highest BCUT2D eigenvalue weighted by Crippen LogP contribution is 2.35. The van der Waals surface area contributed by atoms with E-state index < -0.39 is 11.9 Å². The van der Waals surface area contributed by atoms with Gasteiger partial charge in [-0.3, -0.25) is 0 Å². The summed E-state index contributed by atoms with van der Waals surface area (Å²) < 4.78 is 10.2. The number of carbonyl (C=O) groups excluding carboxylic acids is 1. The zero-order chi connectivity index (χ0) is 18.7. The third-order valence-electron chi connectivity index (χ3n) is 3.92. The Kier molecular flexibility index (Phi) is 5.05. The number of pyridine rings is 1. The van der Waals surface area contributed by atoms with E-state index in [1.807, 2.05) is 12.1 Å². The molecule has 1 unspecified atom stereocenters. The van der Waals surface area contributed by atoms with E-state index in [4.69, 9.17) is 15.2 Å². The molecular formula is C19H17N3O3S. The first-order valence-electron chi connectivity index (χ1n) is 7.98.